The second-order valence-corrected chi connectivity index (χ2v) is 10.3. The maximum Gasteiger partial charge on any atom is 0.328 e. The molecule has 178 valence electrons. The standard InChI is InChI=1S/C22H18Cl2FN3O6/c1-27-18(32)21(23)7-11-8(5-6-9-13(11)17(31)28(16(9)30)20(26)34)14(22(21,24)19(27)33)10-3-2-4-12(25)15(10)29/h2-5,9,11,13-14,29H,6-7H2,1H3,(H2,26,34). The summed E-state index contributed by atoms with van der Waals surface area (Å²) in [6.07, 6.45) is 1.31. The number of carbonyl (C=O) groups excluding carboxylic acids is 5. The van der Waals surface area contributed by atoms with E-state index in [4.69, 9.17) is 28.9 Å². The number of amides is 6. The van der Waals surface area contributed by atoms with Gasteiger partial charge in [0, 0.05) is 18.5 Å². The zero-order chi connectivity index (χ0) is 24.9. The van der Waals surface area contributed by atoms with Gasteiger partial charge in [0.25, 0.3) is 11.8 Å². The van der Waals surface area contributed by atoms with Gasteiger partial charge < -0.3 is 10.8 Å². The fourth-order valence-corrected chi connectivity index (χ4v) is 7.08. The van der Waals surface area contributed by atoms with Crippen molar-refractivity contribution in [2.75, 3.05) is 7.05 Å². The summed E-state index contributed by atoms with van der Waals surface area (Å²) in [5.74, 6) is -9.24. The van der Waals surface area contributed by atoms with Crippen LogP contribution in [0.4, 0.5) is 9.18 Å². The number of aromatic hydroxyl groups is 1. The summed E-state index contributed by atoms with van der Waals surface area (Å²) < 4.78 is 14.4. The number of para-hydroxylation sites is 1. The van der Waals surface area contributed by atoms with Gasteiger partial charge in [0.15, 0.2) is 21.3 Å². The van der Waals surface area contributed by atoms with Gasteiger partial charge in [-0.05, 0) is 24.8 Å². The highest BCUT2D eigenvalue weighted by Gasteiger charge is 2.76. The van der Waals surface area contributed by atoms with Crippen molar-refractivity contribution in [3.63, 3.8) is 0 Å². The van der Waals surface area contributed by atoms with Gasteiger partial charge in [-0.25, -0.2) is 9.18 Å². The van der Waals surface area contributed by atoms with E-state index < -0.39 is 74.6 Å². The molecule has 1 saturated carbocycles. The topological polar surface area (TPSA) is 138 Å². The Morgan fingerprint density at radius 3 is 2.47 bits per heavy atom. The van der Waals surface area contributed by atoms with Crippen LogP contribution in [0.1, 0.15) is 24.3 Å². The van der Waals surface area contributed by atoms with Gasteiger partial charge in [0.2, 0.25) is 11.8 Å². The average Bonchev–Trinajstić information content (AvgIpc) is 3.11. The molecule has 2 aliphatic carbocycles. The number of nitrogens with two attached hydrogens (primary N) is 1. The van der Waals surface area contributed by atoms with Crippen molar-refractivity contribution in [3.8, 4) is 5.75 Å². The monoisotopic (exact) mass is 509 g/mol. The highest BCUT2D eigenvalue weighted by molar-refractivity contribution is 6.53. The third kappa shape index (κ3) is 2.47. The molecule has 9 nitrogen and oxygen atoms in total. The summed E-state index contributed by atoms with van der Waals surface area (Å²) in [4.78, 5) is 61.1. The summed E-state index contributed by atoms with van der Waals surface area (Å²) in [6.45, 7) is 0. The van der Waals surface area contributed by atoms with Crippen molar-refractivity contribution in [1.29, 1.82) is 0 Å². The van der Waals surface area contributed by atoms with Crippen molar-refractivity contribution in [3.05, 3.63) is 41.2 Å². The van der Waals surface area contributed by atoms with E-state index in [1.54, 1.807) is 6.08 Å². The number of phenolic OH excluding ortho intramolecular Hbond substituents is 1. The molecular weight excluding hydrogens is 492 g/mol. The Kier molecular flexibility index (Phi) is 4.71. The molecule has 2 aliphatic heterocycles. The van der Waals surface area contributed by atoms with E-state index in [0.717, 1.165) is 11.0 Å². The smallest absolute Gasteiger partial charge is 0.328 e. The lowest BCUT2D eigenvalue weighted by Gasteiger charge is -2.50. The van der Waals surface area contributed by atoms with Crippen LogP contribution in [0.3, 0.4) is 0 Å². The van der Waals surface area contributed by atoms with Gasteiger partial charge in [-0.3, -0.25) is 24.1 Å². The van der Waals surface area contributed by atoms with Crippen molar-refractivity contribution in [1.82, 2.24) is 9.80 Å². The first-order valence-electron chi connectivity index (χ1n) is 10.4. The Hall–Kier alpha value is -2.98. The van der Waals surface area contributed by atoms with Crippen LogP contribution in [0.5, 0.6) is 5.75 Å². The average molecular weight is 510 g/mol. The molecule has 5 rings (SSSR count). The quantitative estimate of drug-likeness (QED) is 0.335. The number of fused-ring (bicyclic) bond motifs is 4. The molecule has 6 unspecified atom stereocenters. The first kappa shape index (κ1) is 22.8. The Labute approximate surface area is 202 Å². The largest absolute Gasteiger partial charge is 0.505 e. The number of urea groups is 1. The van der Waals surface area contributed by atoms with Crippen LogP contribution in [0.2, 0.25) is 0 Å². The van der Waals surface area contributed by atoms with E-state index in [-0.39, 0.29) is 18.4 Å². The Morgan fingerprint density at radius 1 is 1.15 bits per heavy atom. The van der Waals surface area contributed by atoms with Crippen LogP contribution in [0.15, 0.2) is 29.8 Å². The van der Waals surface area contributed by atoms with Crippen molar-refractivity contribution in [2.24, 2.45) is 23.5 Å². The molecule has 2 saturated heterocycles. The Morgan fingerprint density at radius 2 is 1.82 bits per heavy atom. The van der Waals surface area contributed by atoms with Crippen LogP contribution in [0.25, 0.3) is 0 Å². The molecule has 1 aromatic rings. The number of halogens is 3. The normalized spacial score (nSPS) is 36.9. The number of nitrogens with zero attached hydrogens (tertiary/aromatic N) is 2. The molecule has 1 aromatic carbocycles. The van der Waals surface area contributed by atoms with E-state index in [9.17, 15) is 33.5 Å². The number of likely N-dealkylation sites (tertiary alicyclic amines) is 2. The lowest BCUT2D eigenvalue weighted by atomic mass is 9.56. The maximum atomic E-state index is 14.4. The van der Waals surface area contributed by atoms with Gasteiger partial charge in [-0.2, -0.15) is 4.90 Å². The maximum absolute atomic E-state index is 14.4. The Balaban J connectivity index is 1.76. The lowest BCUT2D eigenvalue weighted by molar-refractivity contribution is -0.139. The molecule has 2 heterocycles. The predicted octanol–water partition coefficient (Wildman–Crippen LogP) is 1.60. The zero-order valence-electron chi connectivity index (χ0n) is 17.6. The van der Waals surface area contributed by atoms with Gasteiger partial charge in [-0.1, -0.05) is 23.8 Å². The molecule has 12 heteroatoms. The van der Waals surface area contributed by atoms with Crippen LogP contribution in [-0.4, -0.2) is 61.4 Å². The molecule has 0 aromatic heterocycles. The second kappa shape index (κ2) is 7.02. The van der Waals surface area contributed by atoms with Crippen LogP contribution >= 0.6 is 23.2 Å². The number of allylic oxidation sites excluding steroid dienone is 2. The fourth-order valence-electron chi connectivity index (χ4n) is 6.07. The number of imide groups is 4. The SMILES string of the molecule is CN1C(=O)C2(Cl)CC3C(=CCC4C(=O)N(C(N)=O)C(=O)C43)C(c3cccc(F)c3O)C2(Cl)C1=O. The van der Waals surface area contributed by atoms with Gasteiger partial charge >= 0.3 is 6.03 Å². The van der Waals surface area contributed by atoms with E-state index in [1.165, 1.54) is 19.2 Å². The van der Waals surface area contributed by atoms with Crippen molar-refractivity contribution in [2.45, 2.75) is 28.5 Å². The van der Waals surface area contributed by atoms with Crippen molar-refractivity contribution >= 4 is 52.9 Å². The number of carbonyl (C=O) groups is 5. The molecule has 6 atom stereocenters. The molecule has 6 amide bonds. The molecule has 0 spiro atoms. The summed E-state index contributed by atoms with van der Waals surface area (Å²) in [6, 6.07) is 2.45. The number of hydrogen-bond donors (Lipinski definition) is 2. The van der Waals surface area contributed by atoms with Gasteiger partial charge in [0.05, 0.1) is 11.8 Å². The number of rotatable bonds is 1. The molecule has 4 aliphatic rings. The van der Waals surface area contributed by atoms with Crippen LogP contribution < -0.4 is 5.73 Å². The highest BCUT2D eigenvalue weighted by atomic mass is 35.5. The Bertz CT molecular complexity index is 1250. The number of benzene rings is 1. The lowest BCUT2D eigenvalue weighted by Crippen LogP contribution is -2.60. The first-order chi connectivity index (χ1) is 15.9. The summed E-state index contributed by atoms with van der Waals surface area (Å²) >= 11 is 13.8. The summed E-state index contributed by atoms with van der Waals surface area (Å²) in [5.41, 5.74) is 5.52. The zero-order valence-corrected chi connectivity index (χ0v) is 19.1. The highest BCUT2D eigenvalue weighted by Crippen LogP contribution is 2.66. The van der Waals surface area contributed by atoms with Gasteiger partial charge in [-0.15, -0.1) is 23.2 Å². The molecule has 0 radical (unpaired) electrons. The third-order valence-corrected chi connectivity index (χ3v) is 8.98. The molecule has 3 N–H and O–H groups in total. The minimum Gasteiger partial charge on any atom is -0.505 e. The molecule has 34 heavy (non-hydrogen) atoms. The second-order valence-electron chi connectivity index (χ2n) is 9.03. The minimum absolute atomic E-state index is 0.0116. The molecule has 0 bridgehead atoms. The van der Waals surface area contributed by atoms with Gasteiger partial charge in [0.1, 0.15) is 0 Å². The number of alkyl halides is 2. The number of hydrogen-bond acceptors (Lipinski definition) is 6. The van der Waals surface area contributed by atoms with E-state index in [1.807, 2.05) is 0 Å². The van der Waals surface area contributed by atoms with E-state index in [0.29, 0.717) is 10.5 Å². The summed E-state index contributed by atoms with van der Waals surface area (Å²) in [5, 5.41) is 10.6. The fraction of sp³-hybridized carbons (Fsp3) is 0.409. The third-order valence-electron chi connectivity index (χ3n) is 7.56. The summed E-state index contributed by atoms with van der Waals surface area (Å²) in [7, 11) is 1.21. The van der Waals surface area contributed by atoms with E-state index >= 15 is 0 Å². The first-order valence-corrected chi connectivity index (χ1v) is 11.2. The number of primary amides is 1. The molecule has 3 fully saturated rings. The minimum atomic E-state index is -2.14. The van der Waals surface area contributed by atoms with Crippen LogP contribution in [-0.2, 0) is 19.2 Å². The predicted molar refractivity (Wildman–Crippen MR) is 115 cm³/mol. The van der Waals surface area contributed by atoms with E-state index in [2.05, 4.69) is 0 Å². The number of phenols is 1. The van der Waals surface area contributed by atoms with Crippen molar-refractivity contribution < 1.29 is 33.5 Å². The molecular formula is C22H18Cl2FN3O6. The van der Waals surface area contributed by atoms with Crippen LogP contribution in [0, 0.1) is 23.6 Å².